The molecule has 0 saturated carbocycles. The summed E-state index contributed by atoms with van der Waals surface area (Å²) in [4.78, 5) is 30.6. The Morgan fingerprint density at radius 1 is 1.16 bits per heavy atom. The number of hydrogen-bond donors (Lipinski definition) is 2. The molecule has 0 unspecified atom stereocenters. The molecule has 3 aromatic rings. The van der Waals surface area contributed by atoms with Gasteiger partial charge in [-0.25, -0.2) is 4.79 Å². The lowest BCUT2D eigenvalue weighted by atomic mass is 9.75. The number of anilines is 1. The number of unbranched alkanes of at least 4 members (excludes halogenated alkanes) is 1. The van der Waals surface area contributed by atoms with Crippen LogP contribution in [0.3, 0.4) is 0 Å². The minimum Gasteiger partial charge on any atom is -0.343 e. The number of para-hydroxylation sites is 1. The molecular formula is C29H31ClN6O2. The van der Waals surface area contributed by atoms with E-state index in [0.717, 1.165) is 60.2 Å². The molecule has 0 aliphatic carbocycles. The van der Waals surface area contributed by atoms with Crippen molar-refractivity contribution in [1.82, 2.24) is 20.1 Å². The van der Waals surface area contributed by atoms with Gasteiger partial charge in [0.15, 0.2) is 0 Å². The van der Waals surface area contributed by atoms with Gasteiger partial charge in [-0.15, -0.1) is 0 Å². The third-order valence-electron chi connectivity index (χ3n) is 8.18. The van der Waals surface area contributed by atoms with Gasteiger partial charge in [0.05, 0.1) is 12.6 Å². The van der Waals surface area contributed by atoms with E-state index in [9.17, 15) is 9.59 Å². The Balaban J connectivity index is 1.26. The maximum Gasteiger partial charge on any atom is 0.317 e. The van der Waals surface area contributed by atoms with Gasteiger partial charge in [0.2, 0.25) is 5.91 Å². The quantitative estimate of drug-likeness (QED) is 0.468. The molecule has 2 saturated heterocycles. The van der Waals surface area contributed by atoms with Gasteiger partial charge in [-0.3, -0.25) is 4.79 Å². The molecule has 3 aliphatic heterocycles. The molecule has 2 aromatic carbocycles. The van der Waals surface area contributed by atoms with Gasteiger partial charge in [-0.05, 0) is 68.2 Å². The van der Waals surface area contributed by atoms with Crippen molar-refractivity contribution in [3.05, 3.63) is 64.8 Å². The number of amides is 3. The van der Waals surface area contributed by atoms with Crippen molar-refractivity contribution in [3.63, 3.8) is 0 Å². The molecule has 1 aromatic heterocycles. The van der Waals surface area contributed by atoms with Crippen LogP contribution in [-0.4, -0.2) is 53.6 Å². The van der Waals surface area contributed by atoms with Crippen LogP contribution in [-0.2, 0) is 23.3 Å². The predicted octanol–water partition coefficient (Wildman–Crippen LogP) is 4.16. The zero-order valence-corrected chi connectivity index (χ0v) is 22.0. The van der Waals surface area contributed by atoms with Crippen LogP contribution in [0.4, 0.5) is 10.5 Å². The normalized spacial score (nSPS) is 18.5. The lowest BCUT2D eigenvalue weighted by molar-refractivity contribution is -0.127. The number of benzene rings is 2. The van der Waals surface area contributed by atoms with Crippen molar-refractivity contribution in [3.8, 4) is 6.07 Å². The molecule has 2 fully saturated rings. The van der Waals surface area contributed by atoms with Crippen LogP contribution >= 0.6 is 11.6 Å². The van der Waals surface area contributed by atoms with E-state index in [-0.39, 0.29) is 18.0 Å². The Bertz CT molecular complexity index is 1430. The number of aromatic nitrogens is 1. The first kappa shape index (κ1) is 24.8. The molecule has 2 N–H and O–H groups in total. The molecule has 196 valence electrons. The zero-order chi connectivity index (χ0) is 26.3. The molecule has 0 bridgehead atoms. The maximum absolute atomic E-state index is 14.1. The molecule has 0 radical (unpaired) electrons. The first-order chi connectivity index (χ1) is 18.5. The highest BCUT2D eigenvalue weighted by Crippen LogP contribution is 2.48. The number of rotatable bonds is 6. The van der Waals surface area contributed by atoms with Crippen molar-refractivity contribution >= 4 is 40.1 Å². The number of aryl methyl sites for hydroxylation is 1. The summed E-state index contributed by atoms with van der Waals surface area (Å²) in [6, 6.07) is 18.2. The summed E-state index contributed by atoms with van der Waals surface area (Å²) in [5.74, 6) is 0.0384. The van der Waals surface area contributed by atoms with E-state index in [1.165, 1.54) is 0 Å². The minimum absolute atomic E-state index is 0.0384. The highest BCUT2D eigenvalue weighted by Gasteiger charge is 2.59. The van der Waals surface area contributed by atoms with Crippen molar-refractivity contribution in [1.29, 1.82) is 5.26 Å². The van der Waals surface area contributed by atoms with Crippen molar-refractivity contribution in [2.75, 3.05) is 31.1 Å². The largest absolute Gasteiger partial charge is 0.343 e. The second-order valence-corrected chi connectivity index (χ2v) is 11.0. The number of urea groups is 1. The van der Waals surface area contributed by atoms with E-state index >= 15 is 0 Å². The third kappa shape index (κ3) is 4.20. The molecule has 0 atom stereocenters. The number of likely N-dealkylation sites (tertiary alicyclic amines) is 1. The van der Waals surface area contributed by atoms with Crippen molar-refractivity contribution in [2.45, 2.75) is 50.2 Å². The number of nitrogens with zero attached hydrogens (tertiary/aromatic N) is 4. The Morgan fingerprint density at radius 2 is 1.95 bits per heavy atom. The van der Waals surface area contributed by atoms with E-state index in [1.54, 1.807) is 4.90 Å². The van der Waals surface area contributed by atoms with Crippen LogP contribution in [0.2, 0.25) is 5.02 Å². The van der Waals surface area contributed by atoms with Crippen LogP contribution in [0.15, 0.2) is 48.5 Å². The Labute approximate surface area is 227 Å². The monoisotopic (exact) mass is 530 g/mol. The summed E-state index contributed by atoms with van der Waals surface area (Å²) in [5, 5.41) is 17.2. The first-order valence-electron chi connectivity index (χ1n) is 13.3. The molecule has 38 heavy (non-hydrogen) atoms. The fourth-order valence-corrected chi connectivity index (χ4v) is 6.39. The topological polar surface area (TPSA) is 93.4 Å². The minimum atomic E-state index is -0.705. The smallest absolute Gasteiger partial charge is 0.317 e. The second kappa shape index (κ2) is 9.97. The van der Waals surface area contributed by atoms with Gasteiger partial charge in [-0.1, -0.05) is 29.8 Å². The molecule has 6 rings (SSSR count). The molecule has 9 heteroatoms. The molecular weight excluding hydrogens is 500 g/mol. The number of fused-ring (bicyclic) bond motifs is 3. The maximum atomic E-state index is 14.1. The standard InChI is InChI=1S/C29H31ClN6O2/c30-21-7-8-25-20(15-21)16-23(35(25)14-4-3-11-31)17-36-26-6-2-1-5-24(26)29(27(36)37)18-34(19-29)28(38)33-22-9-12-32-13-10-22/h1-2,5-8,15-16,22,32H,3-4,9-10,12-14,17-19H2,(H,33,38). The molecule has 3 amide bonds. The number of carbonyl (C=O) groups excluding carboxylic acids is 2. The van der Waals surface area contributed by atoms with Crippen LogP contribution in [0, 0.1) is 11.3 Å². The predicted molar refractivity (Wildman–Crippen MR) is 147 cm³/mol. The fraction of sp³-hybridized carbons (Fsp3) is 0.414. The van der Waals surface area contributed by atoms with Gasteiger partial charge in [-0.2, -0.15) is 5.26 Å². The van der Waals surface area contributed by atoms with E-state index in [4.69, 9.17) is 16.9 Å². The molecule has 1 spiro atoms. The first-order valence-corrected chi connectivity index (χ1v) is 13.7. The van der Waals surface area contributed by atoms with E-state index < -0.39 is 5.41 Å². The zero-order valence-electron chi connectivity index (χ0n) is 21.3. The number of hydrogen-bond acceptors (Lipinski definition) is 4. The van der Waals surface area contributed by atoms with Gasteiger partial charge in [0, 0.05) is 59.4 Å². The highest BCUT2D eigenvalue weighted by molar-refractivity contribution is 6.31. The lowest BCUT2D eigenvalue weighted by Gasteiger charge is -2.47. The highest BCUT2D eigenvalue weighted by atomic mass is 35.5. The van der Waals surface area contributed by atoms with Crippen molar-refractivity contribution < 1.29 is 9.59 Å². The summed E-state index contributed by atoms with van der Waals surface area (Å²) >= 11 is 6.27. The second-order valence-electron chi connectivity index (χ2n) is 10.6. The number of carbonyl (C=O) groups is 2. The molecule has 3 aliphatic rings. The fourth-order valence-electron chi connectivity index (χ4n) is 6.21. The Kier molecular flexibility index (Phi) is 6.50. The van der Waals surface area contributed by atoms with Gasteiger partial charge in [0.1, 0.15) is 5.41 Å². The summed E-state index contributed by atoms with van der Waals surface area (Å²) in [5.41, 5.74) is 3.23. The number of nitrogens with one attached hydrogen (secondary N) is 2. The van der Waals surface area contributed by atoms with E-state index in [1.807, 2.05) is 47.4 Å². The molecule has 4 heterocycles. The van der Waals surface area contributed by atoms with Gasteiger partial charge >= 0.3 is 6.03 Å². The SMILES string of the molecule is N#CCCCn1c(CN2C(=O)C3(CN(C(=O)NC4CCNCC4)C3)c3ccccc32)cc2cc(Cl)ccc21. The van der Waals surface area contributed by atoms with Crippen LogP contribution < -0.4 is 15.5 Å². The summed E-state index contributed by atoms with van der Waals surface area (Å²) in [6.45, 7) is 3.70. The van der Waals surface area contributed by atoms with E-state index in [0.29, 0.717) is 37.6 Å². The summed E-state index contributed by atoms with van der Waals surface area (Å²) in [7, 11) is 0. The van der Waals surface area contributed by atoms with Crippen LogP contribution in [0.5, 0.6) is 0 Å². The van der Waals surface area contributed by atoms with Gasteiger partial charge in [0.25, 0.3) is 0 Å². The van der Waals surface area contributed by atoms with E-state index in [2.05, 4.69) is 27.3 Å². The Hall–Kier alpha value is -3.54. The average Bonchev–Trinajstić information content (AvgIpc) is 3.35. The summed E-state index contributed by atoms with van der Waals surface area (Å²) < 4.78 is 2.20. The lowest BCUT2D eigenvalue weighted by Crippen LogP contribution is -2.67. The average molecular weight is 531 g/mol. The Morgan fingerprint density at radius 3 is 2.74 bits per heavy atom. The van der Waals surface area contributed by atoms with Gasteiger partial charge < -0.3 is 25.0 Å². The number of nitriles is 1. The number of halogens is 1. The molecule has 8 nitrogen and oxygen atoms in total. The summed E-state index contributed by atoms with van der Waals surface area (Å²) in [6.07, 6.45) is 3.05. The number of piperidine rings is 1. The third-order valence-corrected chi connectivity index (χ3v) is 8.42. The van der Waals surface area contributed by atoms with Crippen LogP contribution in [0.25, 0.3) is 10.9 Å². The van der Waals surface area contributed by atoms with Crippen LogP contribution in [0.1, 0.15) is 36.9 Å². The van der Waals surface area contributed by atoms with Crippen molar-refractivity contribution in [2.24, 2.45) is 0 Å².